The van der Waals surface area contributed by atoms with Gasteiger partial charge in [0.1, 0.15) is 22.1 Å². The first-order valence-electron chi connectivity index (χ1n) is 17.3. The van der Waals surface area contributed by atoms with Crippen LogP contribution in [0.3, 0.4) is 0 Å². The fourth-order valence-electron chi connectivity index (χ4n) is 5.99. The van der Waals surface area contributed by atoms with Gasteiger partial charge in [0.05, 0.1) is 28.1 Å². The third kappa shape index (κ3) is 11.5. The lowest BCUT2D eigenvalue weighted by Crippen LogP contribution is -2.54. The molecule has 4 aromatic carbocycles. The van der Waals surface area contributed by atoms with Crippen molar-refractivity contribution in [1.82, 2.24) is 5.32 Å². The topological polar surface area (TPSA) is 108 Å². The normalized spacial score (nSPS) is 13.6. The van der Waals surface area contributed by atoms with E-state index >= 15 is 0 Å². The van der Waals surface area contributed by atoms with Gasteiger partial charge < -0.3 is 9.47 Å². The number of ether oxygens (including phenoxy) is 2. The first-order valence-corrected chi connectivity index (χ1v) is 19.8. The molecule has 0 aromatic heterocycles. The lowest BCUT2D eigenvalue weighted by molar-refractivity contribution is -0.163. The molecule has 4 aromatic rings. The summed E-state index contributed by atoms with van der Waals surface area (Å²) in [6, 6.07) is 30.8. The predicted molar refractivity (Wildman–Crippen MR) is 210 cm³/mol. The maximum atomic E-state index is 14.3. The van der Waals surface area contributed by atoms with E-state index in [2.05, 4.69) is 5.32 Å². The summed E-state index contributed by atoms with van der Waals surface area (Å²) in [6.45, 7) is 10.3. The minimum Gasteiger partial charge on any atom is -0.460 e. The monoisotopic (exact) mass is 801 g/mol. The fraction of sp³-hybridized carbons (Fsp3) is 0.366. The average molecular weight is 803 g/mol. The van der Waals surface area contributed by atoms with Gasteiger partial charge in [0.2, 0.25) is 0 Å². The molecule has 0 spiro atoms. The Bertz CT molecular complexity index is 1830. The standard InChI is InChI=1S/C41H46Cl3NO7S/c1-39(2,3)51-37(46)28(17-16-24-50-53(48,49)36-33(43)26-32(42)27-34(36)44)25-35(38(47)52-40(4,5)6)45-41(29-18-10-7-11-19-29,30-20-12-8-13-21-30)31-22-14-9-15-23-31/h7-15,18-23,26-28,35,45H,16-17,24-25H2,1-6H3. The van der Waals surface area contributed by atoms with Crippen LogP contribution in [0.25, 0.3) is 0 Å². The smallest absolute Gasteiger partial charge is 0.323 e. The van der Waals surface area contributed by atoms with Crippen LogP contribution < -0.4 is 5.32 Å². The van der Waals surface area contributed by atoms with Crippen molar-refractivity contribution in [3.63, 3.8) is 0 Å². The van der Waals surface area contributed by atoms with E-state index in [0.29, 0.717) is 0 Å². The SMILES string of the molecule is CC(C)(C)OC(=O)C(CCCOS(=O)(=O)c1c(Cl)cc(Cl)cc1Cl)CC(NC(c1ccccc1)(c1ccccc1)c1ccccc1)C(=O)OC(C)(C)C. The van der Waals surface area contributed by atoms with Gasteiger partial charge in [-0.3, -0.25) is 19.1 Å². The van der Waals surface area contributed by atoms with Crippen LogP contribution in [-0.4, -0.2) is 44.2 Å². The van der Waals surface area contributed by atoms with Crippen LogP contribution in [0.4, 0.5) is 0 Å². The highest BCUT2D eigenvalue weighted by molar-refractivity contribution is 7.87. The highest BCUT2D eigenvalue weighted by Crippen LogP contribution is 2.39. The van der Waals surface area contributed by atoms with Crippen molar-refractivity contribution in [3.8, 4) is 0 Å². The summed E-state index contributed by atoms with van der Waals surface area (Å²) in [5.74, 6) is -2.00. The second-order valence-electron chi connectivity index (χ2n) is 14.7. The molecule has 1 N–H and O–H groups in total. The lowest BCUT2D eigenvalue weighted by Gasteiger charge is -2.40. The van der Waals surface area contributed by atoms with E-state index < -0.39 is 55.7 Å². The average Bonchev–Trinajstić information content (AvgIpc) is 3.06. The molecule has 0 heterocycles. The number of nitrogens with one attached hydrogen (secondary N) is 1. The number of benzene rings is 4. The second-order valence-corrected chi connectivity index (χ2v) is 17.5. The molecule has 0 aliphatic carbocycles. The summed E-state index contributed by atoms with van der Waals surface area (Å²) in [5, 5.41) is 3.50. The highest BCUT2D eigenvalue weighted by Gasteiger charge is 2.42. The van der Waals surface area contributed by atoms with E-state index in [0.717, 1.165) is 16.7 Å². The number of esters is 2. The van der Waals surface area contributed by atoms with Gasteiger partial charge in [-0.15, -0.1) is 0 Å². The van der Waals surface area contributed by atoms with Gasteiger partial charge in [-0.1, -0.05) is 126 Å². The van der Waals surface area contributed by atoms with E-state index in [4.69, 9.17) is 48.5 Å². The Morgan fingerprint density at radius 3 is 1.51 bits per heavy atom. The minimum absolute atomic E-state index is 0.0420. The maximum absolute atomic E-state index is 14.3. The molecule has 0 aliphatic heterocycles. The van der Waals surface area contributed by atoms with Crippen LogP contribution in [-0.2, 0) is 38.9 Å². The molecule has 0 aliphatic rings. The van der Waals surface area contributed by atoms with Crippen molar-refractivity contribution in [2.75, 3.05) is 6.61 Å². The fourth-order valence-corrected chi connectivity index (χ4v) is 8.42. The van der Waals surface area contributed by atoms with Crippen molar-refractivity contribution in [2.24, 2.45) is 5.92 Å². The summed E-state index contributed by atoms with van der Waals surface area (Å²) in [6.07, 6.45) is 0.177. The third-order valence-corrected chi connectivity index (χ3v) is 10.6. The number of carbonyl (C=O) groups is 2. The Labute approximate surface area is 328 Å². The summed E-state index contributed by atoms with van der Waals surface area (Å²) in [4.78, 5) is 27.8. The van der Waals surface area contributed by atoms with Crippen molar-refractivity contribution < 1.29 is 31.7 Å². The third-order valence-electron chi connectivity index (χ3n) is 8.11. The molecule has 12 heteroatoms. The summed E-state index contributed by atoms with van der Waals surface area (Å²) in [7, 11) is -4.38. The van der Waals surface area contributed by atoms with E-state index in [9.17, 15) is 18.0 Å². The molecule has 4 rings (SSSR count). The van der Waals surface area contributed by atoms with Gasteiger partial charge in [0.15, 0.2) is 0 Å². The van der Waals surface area contributed by atoms with E-state index in [-0.39, 0.29) is 40.9 Å². The maximum Gasteiger partial charge on any atom is 0.323 e. The molecular weight excluding hydrogens is 757 g/mol. The van der Waals surface area contributed by atoms with Gasteiger partial charge in [-0.05, 0) is 89.6 Å². The largest absolute Gasteiger partial charge is 0.460 e. The number of hydrogen-bond donors (Lipinski definition) is 1. The Morgan fingerprint density at radius 1 is 0.679 bits per heavy atom. The summed E-state index contributed by atoms with van der Waals surface area (Å²) >= 11 is 18.3. The zero-order valence-corrected chi connectivity index (χ0v) is 33.8. The molecule has 8 nitrogen and oxygen atoms in total. The van der Waals surface area contributed by atoms with Crippen molar-refractivity contribution >= 4 is 56.9 Å². The first-order chi connectivity index (χ1) is 24.8. The van der Waals surface area contributed by atoms with Crippen LogP contribution in [0.2, 0.25) is 15.1 Å². The first kappa shape index (κ1) is 42.3. The highest BCUT2D eigenvalue weighted by atomic mass is 35.5. The van der Waals surface area contributed by atoms with Gasteiger partial charge in [-0.2, -0.15) is 8.42 Å². The number of hydrogen-bond acceptors (Lipinski definition) is 8. The quantitative estimate of drug-likeness (QED) is 0.0548. The molecule has 284 valence electrons. The molecule has 0 amide bonds. The van der Waals surface area contributed by atoms with Gasteiger partial charge >= 0.3 is 11.9 Å². The van der Waals surface area contributed by atoms with Crippen LogP contribution >= 0.6 is 34.8 Å². The van der Waals surface area contributed by atoms with Crippen molar-refractivity contribution in [3.05, 3.63) is 135 Å². The molecule has 2 unspecified atom stereocenters. The molecule has 0 saturated heterocycles. The van der Waals surface area contributed by atoms with E-state index in [1.54, 1.807) is 41.5 Å². The van der Waals surface area contributed by atoms with Gasteiger partial charge in [0.25, 0.3) is 10.1 Å². The Hall–Kier alpha value is -3.44. The van der Waals surface area contributed by atoms with E-state index in [1.807, 2.05) is 91.0 Å². The Balaban J connectivity index is 1.75. The molecule has 2 atom stereocenters. The molecule has 0 fully saturated rings. The molecule has 53 heavy (non-hydrogen) atoms. The summed E-state index contributed by atoms with van der Waals surface area (Å²) < 4.78 is 43.4. The molecular formula is C41H46Cl3NO7S. The lowest BCUT2D eigenvalue weighted by atomic mass is 9.76. The van der Waals surface area contributed by atoms with Crippen LogP contribution in [0, 0.1) is 5.92 Å². The summed E-state index contributed by atoms with van der Waals surface area (Å²) in [5.41, 5.74) is -0.181. The predicted octanol–water partition coefficient (Wildman–Crippen LogP) is 9.77. The van der Waals surface area contributed by atoms with Crippen molar-refractivity contribution in [1.29, 1.82) is 0 Å². The van der Waals surface area contributed by atoms with Gasteiger partial charge in [-0.25, -0.2) is 0 Å². The number of carbonyl (C=O) groups excluding carboxylic acids is 2. The van der Waals surface area contributed by atoms with Crippen LogP contribution in [0.5, 0.6) is 0 Å². The number of halogens is 3. The van der Waals surface area contributed by atoms with Gasteiger partial charge in [0, 0.05) is 5.02 Å². The number of rotatable bonds is 15. The Morgan fingerprint density at radius 2 is 1.09 bits per heavy atom. The molecule has 0 bridgehead atoms. The van der Waals surface area contributed by atoms with E-state index in [1.165, 1.54) is 12.1 Å². The van der Waals surface area contributed by atoms with Crippen LogP contribution in [0.15, 0.2) is 108 Å². The zero-order chi connectivity index (χ0) is 39.0. The van der Waals surface area contributed by atoms with Crippen molar-refractivity contribution in [2.45, 2.75) is 88.5 Å². The Kier molecular flexibility index (Phi) is 14.2. The minimum atomic E-state index is -4.38. The zero-order valence-electron chi connectivity index (χ0n) is 30.7. The second kappa shape index (κ2) is 17.8. The van der Waals surface area contributed by atoms with Crippen LogP contribution in [0.1, 0.15) is 77.5 Å². The molecule has 0 saturated carbocycles. The molecule has 0 radical (unpaired) electrons.